The van der Waals surface area contributed by atoms with Crippen LogP contribution in [0.25, 0.3) is 0 Å². The van der Waals surface area contributed by atoms with E-state index in [0.717, 1.165) is 16.7 Å². The summed E-state index contributed by atoms with van der Waals surface area (Å²) in [5.41, 5.74) is -2.44. The fourth-order valence-electron chi connectivity index (χ4n) is 3.02. The topological polar surface area (TPSA) is 46.6 Å². The van der Waals surface area contributed by atoms with Crippen LogP contribution in [0.15, 0.2) is 18.2 Å². The number of hydrogen-bond acceptors (Lipinski definition) is 3. The van der Waals surface area contributed by atoms with E-state index in [2.05, 4.69) is 0 Å². The average Bonchev–Trinajstić information content (AvgIpc) is 2.60. The molecule has 2 heterocycles. The molecule has 0 radical (unpaired) electrons. The summed E-state index contributed by atoms with van der Waals surface area (Å²) in [5, 5.41) is 0. The molecular weight excluding hydrogens is 307 g/mol. The van der Waals surface area contributed by atoms with E-state index in [4.69, 9.17) is 4.74 Å². The Kier molecular flexibility index (Phi) is 3.50. The SMILES string of the molecule is O=S(=O)(N1CCc2cccc3c2C(COC3)C1)C(F)(F)F. The molecule has 0 spiro atoms. The van der Waals surface area contributed by atoms with E-state index in [1.807, 2.05) is 18.2 Å². The second kappa shape index (κ2) is 4.96. The number of hydrogen-bond donors (Lipinski definition) is 0. The molecule has 1 unspecified atom stereocenters. The number of benzene rings is 1. The fourth-order valence-corrected chi connectivity index (χ4v) is 4.02. The number of sulfonamides is 1. The van der Waals surface area contributed by atoms with E-state index in [1.165, 1.54) is 0 Å². The van der Waals surface area contributed by atoms with Crippen LogP contribution >= 0.6 is 0 Å². The van der Waals surface area contributed by atoms with Crippen LogP contribution in [0.2, 0.25) is 0 Å². The number of nitrogens with zero attached hydrogens (tertiary/aromatic N) is 1. The van der Waals surface area contributed by atoms with Crippen LogP contribution in [0.3, 0.4) is 0 Å². The first-order valence-electron chi connectivity index (χ1n) is 6.55. The van der Waals surface area contributed by atoms with Crippen molar-refractivity contribution in [3.63, 3.8) is 0 Å². The molecule has 0 fully saturated rings. The highest BCUT2D eigenvalue weighted by Gasteiger charge is 2.50. The Hall–Kier alpha value is -1.12. The summed E-state index contributed by atoms with van der Waals surface area (Å²) in [6, 6.07) is 5.55. The summed E-state index contributed by atoms with van der Waals surface area (Å²) in [5.74, 6) is -0.343. The van der Waals surface area contributed by atoms with Crippen molar-refractivity contribution in [2.75, 3.05) is 19.7 Å². The van der Waals surface area contributed by atoms with Crippen molar-refractivity contribution in [2.45, 2.75) is 24.5 Å². The Bertz CT molecular complexity index is 657. The molecular formula is C13H14F3NO3S. The summed E-state index contributed by atoms with van der Waals surface area (Å²) < 4.78 is 67.4. The van der Waals surface area contributed by atoms with Gasteiger partial charge in [-0.15, -0.1) is 0 Å². The molecule has 21 heavy (non-hydrogen) atoms. The zero-order valence-corrected chi connectivity index (χ0v) is 11.9. The molecule has 3 rings (SSSR count). The molecule has 0 saturated heterocycles. The standard InChI is InChI=1S/C13H14F3NO3S/c14-13(15,16)21(18,19)17-5-4-9-2-1-3-10-7-20-8-11(6-17)12(9)10/h1-3,11H,4-8H2. The molecule has 0 aliphatic carbocycles. The molecule has 8 heteroatoms. The van der Waals surface area contributed by atoms with E-state index in [-0.39, 0.29) is 32.0 Å². The Balaban J connectivity index is 1.99. The minimum atomic E-state index is -5.29. The highest BCUT2D eigenvalue weighted by molar-refractivity contribution is 7.90. The molecule has 1 aromatic carbocycles. The zero-order chi connectivity index (χ0) is 15.3. The van der Waals surface area contributed by atoms with Gasteiger partial charge in [-0.05, 0) is 23.1 Å². The Morgan fingerprint density at radius 3 is 2.67 bits per heavy atom. The summed E-state index contributed by atoms with van der Waals surface area (Å²) in [7, 11) is -5.29. The molecule has 1 aromatic rings. The maximum absolute atomic E-state index is 12.7. The van der Waals surface area contributed by atoms with E-state index in [9.17, 15) is 21.6 Å². The number of rotatable bonds is 1. The zero-order valence-electron chi connectivity index (χ0n) is 11.1. The van der Waals surface area contributed by atoms with E-state index >= 15 is 0 Å². The third-order valence-corrected chi connectivity index (χ3v) is 5.56. The predicted octanol–water partition coefficient (Wildman–Crippen LogP) is 2.01. The summed E-state index contributed by atoms with van der Waals surface area (Å²) in [6.07, 6.45) is 0.287. The average molecular weight is 321 g/mol. The molecule has 0 N–H and O–H groups in total. The van der Waals surface area contributed by atoms with Gasteiger partial charge in [0.15, 0.2) is 0 Å². The van der Waals surface area contributed by atoms with Gasteiger partial charge in [-0.3, -0.25) is 0 Å². The first kappa shape index (κ1) is 14.8. The van der Waals surface area contributed by atoms with E-state index in [0.29, 0.717) is 10.9 Å². The first-order chi connectivity index (χ1) is 9.80. The summed E-state index contributed by atoms with van der Waals surface area (Å²) in [4.78, 5) is 0. The van der Waals surface area contributed by atoms with Gasteiger partial charge in [0.1, 0.15) is 0 Å². The fraction of sp³-hybridized carbons (Fsp3) is 0.538. The van der Waals surface area contributed by atoms with Crippen molar-refractivity contribution in [2.24, 2.45) is 0 Å². The molecule has 2 aliphatic heterocycles. The van der Waals surface area contributed by atoms with Crippen molar-refractivity contribution in [3.8, 4) is 0 Å². The van der Waals surface area contributed by atoms with Gasteiger partial charge in [-0.25, -0.2) is 8.42 Å². The van der Waals surface area contributed by atoms with Gasteiger partial charge < -0.3 is 4.74 Å². The molecule has 116 valence electrons. The van der Waals surface area contributed by atoms with Crippen LogP contribution in [0.4, 0.5) is 13.2 Å². The number of halogens is 3. The molecule has 1 atom stereocenters. The lowest BCUT2D eigenvalue weighted by Crippen LogP contribution is -2.43. The normalized spacial score (nSPS) is 23.5. The van der Waals surface area contributed by atoms with E-state index in [1.54, 1.807) is 0 Å². The van der Waals surface area contributed by atoms with Crippen LogP contribution in [0.1, 0.15) is 22.6 Å². The Morgan fingerprint density at radius 1 is 1.24 bits per heavy atom. The summed E-state index contributed by atoms with van der Waals surface area (Å²) in [6.45, 7) is 0.320. The van der Waals surface area contributed by atoms with Crippen molar-refractivity contribution < 1.29 is 26.3 Å². The van der Waals surface area contributed by atoms with Crippen LogP contribution in [0.5, 0.6) is 0 Å². The second-order valence-corrected chi connectivity index (χ2v) is 7.19. The maximum Gasteiger partial charge on any atom is 0.511 e. The Labute approximate surface area is 120 Å². The minimum absolute atomic E-state index is 0.158. The molecule has 0 saturated carbocycles. The van der Waals surface area contributed by atoms with Gasteiger partial charge >= 0.3 is 15.5 Å². The molecule has 0 bridgehead atoms. The largest absolute Gasteiger partial charge is 0.511 e. The van der Waals surface area contributed by atoms with Crippen LogP contribution < -0.4 is 0 Å². The Morgan fingerprint density at radius 2 is 1.95 bits per heavy atom. The van der Waals surface area contributed by atoms with Crippen LogP contribution in [0, 0.1) is 0 Å². The van der Waals surface area contributed by atoms with Crippen LogP contribution in [-0.4, -0.2) is 37.9 Å². The van der Waals surface area contributed by atoms with Gasteiger partial charge in [-0.1, -0.05) is 18.2 Å². The lowest BCUT2D eigenvalue weighted by molar-refractivity contribution is -0.0492. The highest BCUT2D eigenvalue weighted by atomic mass is 32.2. The minimum Gasteiger partial charge on any atom is -0.376 e. The first-order valence-corrected chi connectivity index (χ1v) is 7.99. The monoisotopic (exact) mass is 321 g/mol. The maximum atomic E-state index is 12.7. The van der Waals surface area contributed by atoms with Gasteiger partial charge in [0.25, 0.3) is 0 Å². The predicted molar refractivity (Wildman–Crippen MR) is 69.1 cm³/mol. The second-order valence-electron chi connectivity index (χ2n) is 5.26. The van der Waals surface area contributed by atoms with Crippen LogP contribution in [-0.2, 0) is 27.8 Å². The smallest absolute Gasteiger partial charge is 0.376 e. The van der Waals surface area contributed by atoms with Crippen molar-refractivity contribution in [1.29, 1.82) is 0 Å². The van der Waals surface area contributed by atoms with Gasteiger partial charge in [0.05, 0.1) is 13.2 Å². The molecule has 2 aliphatic rings. The van der Waals surface area contributed by atoms with Gasteiger partial charge in [0.2, 0.25) is 0 Å². The van der Waals surface area contributed by atoms with Crippen molar-refractivity contribution in [3.05, 3.63) is 34.9 Å². The molecule has 0 amide bonds. The summed E-state index contributed by atoms with van der Waals surface area (Å²) >= 11 is 0. The molecule has 0 aromatic heterocycles. The third kappa shape index (κ3) is 2.45. The van der Waals surface area contributed by atoms with Crippen molar-refractivity contribution >= 4 is 10.0 Å². The lowest BCUT2D eigenvalue weighted by Gasteiger charge is -2.29. The highest BCUT2D eigenvalue weighted by Crippen LogP contribution is 2.36. The molecule has 4 nitrogen and oxygen atoms in total. The van der Waals surface area contributed by atoms with Crippen molar-refractivity contribution in [1.82, 2.24) is 4.31 Å². The van der Waals surface area contributed by atoms with E-state index < -0.39 is 15.5 Å². The quantitative estimate of drug-likeness (QED) is 0.795. The number of ether oxygens (including phenoxy) is 1. The number of alkyl halides is 3. The lowest BCUT2D eigenvalue weighted by atomic mass is 9.88. The van der Waals surface area contributed by atoms with Gasteiger partial charge in [-0.2, -0.15) is 17.5 Å². The van der Waals surface area contributed by atoms with Gasteiger partial charge in [0, 0.05) is 19.0 Å². The third-order valence-electron chi connectivity index (χ3n) is 3.96.